The van der Waals surface area contributed by atoms with Gasteiger partial charge >= 0.3 is 0 Å². The van der Waals surface area contributed by atoms with Gasteiger partial charge in [0.25, 0.3) is 0 Å². The van der Waals surface area contributed by atoms with Crippen molar-refractivity contribution in [3.8, 4) is 0 Å². The summed E-state index contributed by atoms with van der Waals surface area (Å²) in [7, 11) is -4.94. The summed E-state index contributed by atoms with van der Waals surface area (Å²) < 4.78 is 91.0. The van der Waals surface area contributed by atoms with E-state index >= 15 is 0 Å². The molecule has 0 bridgehead atoms. The van der Waals surface area contributed by atoms with Crippen molar-refractivity contribution in [2.45, 2.75) is 17.7 Å². The number of hydrogen-bond donors (Lipinski definition) is 2. The fraction of sp³-hybridized carbons (Fsp3) is 0.455. The lowest BCUT2D eigenvalue weighted by Crippen LogP contribution is -2.33. The van der Waals surface area contributed by atoms with Gasteiger partial charge in [0, 0.05) is 18.6 Å². The van der Waals surface area contributed by atoms with E-state index in [1.807, 2.05) is 0 Å². The summed E-state index contributed by atoms with van der Waals surface area (Å²) in [6.07, 6.45) is 0.978. The Morgan fingerprint density at radius 3 is 1.76 bits per heavy atom. The van der Waals surface area contributed by atoms with E-state index in [-0.39, 0.29) is 13.2 Å². The molecule has 0 atom stereocenters. The smallest absolute Gasteiger partial charge is 0.246 e. The first-order valence-electron chi connectivity index (χ1n) is 5.77. The fourth-order valence-electron chi connectivity index (χ4n) is 1.71. The highest BCUT2D eigenvalue weighted by molar-refractivity contribution is 7.89. The van der Waals surface area contributed by atoms with Crippen molar-refractivity contribution in [1.82, 2.24) is 4.72 Å². The Balaban J connectivity index is 2.41. The SMILES string of the molecule is O=S(=O)(NCC1(CO)CC1)c1c(F)c(F)c(F)c(F)c1F. The summed E-state index contributed by atoms with van der Waals surface area (Å²) in [5, 5.41) is 9.01. The summed E-state index contributed by atoms with van der Waals surface area (Å²) in [5.74, 6) is -12.0. The molecule has 1 aromatic carbocycles. The molecule has 1 fully saturated rings. The van der Waals surface area contributed by atoms with Crippen molar-refractivity contribution in [3.05, 3.63) is 29.1 Å². The fourth-order valence-corrected chi connectivity index (χ4v) is 3.00. The topological polar surface area (TPSA) is 66.4 Å². The van der Waals surface area contributed by atoms with E-state index in [2.05, 4.69) is 0 Å². The zero-order valence-corrected chi connectivity index (χ0v) is 11.2. The normalized spacial score (nSPS) is 17.0. The maximum Gasteiger partial charge on any atom is 0.246 e. The van der Waals surface area contributed by atoms with Gasteiger partial charge < -0.3 is 5.11 Å². The first-order valence-corrected chi connectivity index (χ1v) is 7.25. The van der Waals surface area contributed by atoms with E-state index in [0.29, 0.717) is 12.8 Å². The lowest BCUT2D eigenvalue weighted by Gasteiger charge is -2.14. The molecule has 1 saturated carbocycles. The Labute approximate surface area is 116 Å². The summed E-state index contributed by atoms with van der Waals surface area (Å²) in [5.41, 5.74) is -0.739. The third-order valence-corrected chi connectivity index (χ3v) is 4.79. The van der Waals surface area contributed by atoms with Gasteiger partial charge in [-0.1, -0.05) is 0 Å². The largest absolute Gasteiger partial charge is 0.396 e. The average molecular weight is 331 g/mol. The van der Waals surface area contributed by atoms with Crippen LogP contribution in [0, 0.1) is 34.5 Å². The first-order chi connectivity index (χ1) is 9.65. The van der Waals surface area contributed by atoms with E-state index < -0.39 is 49.4 Å². The van der Waals surface area contributed by atoms with Crippen LogP contribution in [0.4, 0.5) is 22.0 Å². The molecule has 0 saturated heterocycles. The summed E-state index contributed by atoms with van der Waals surface area (Å²) in [4.78, 5) is -1.92. The van der Waals surface area contributed by atoms with Crippen LogP contribution < -0.4 is 4.72 Å². The van der Waals surface area contributed by atoms with Gasteiger partial charge in [-0.15, -0.1) is 0 Å². The Morgan fingerprint density at radius 2 is 1.38 bits per heavy atom. The minimum atomic E-state index is -4.94. The number of halogens is 5. The Bertz CT molecular complexity index is 659. The van der Waals surface area contributed by atoms with Crippen LogP contribution in [0.15, 0.2) is 4.90 Å². The minimum absolute atomic E-state index is 0.355. The van der Waals surface area contributed by atoms with Crippen LogP contribution >= 0.6 is 0 Å². The van der Waals surface area contributed by atoms with Crippen LogP contribution in [0.25, 0.3) is 0 Å². The van der Waals surface area contributed by atoms with Gasteiger partial charge in [-0.25, -0.2) is 35.1 Å². The third-order valence-electron chi connectivity index (χ3n) is 3.37. The molecule has 0 aromatic heterocycles. The molecule has 2 N–H and O–H groups in total. The number of benzene rings is 1. The average Bonchev–Trinajstić information content (AvgIpc) is 3.22. The molecule has 0 unspecified atom stereocenters. The van der Waals surface area contributed by atoms with Crippen molar-refractivity contribution >= 4 is 10.0 Å². The van der Waals surface area contributed by atoms with E-state index in [1.165, 1.54) is 0 Å². The summed E-state index contributed by atoms with van der Waals surface area (Å²) in [6.45, 7) is -0.710. The highest BCUT2D eigenvalue weighted by atomic mass is 32.2. The molecule has 0 radical (unpaired) electrons. The second kappa shape index (κ2) is 5.18. The zero-order chi connectivity index (χ0) is 16.0. The van der Waals surface area contributed by atoms with Crippen LogP contribution in [-0.2, 0) is 10.0 Å². The van der Waals surface area contributed by atoms with Gasteiger partial charge in [0.2, 0.25) is 15.8 Å². The number of rotatable bonds is 5. The van der Waals surface area contributed by atoms with Crippen LogP contribution in [0.1, 0.15) is 12.8 Å². The highest BCUT2D eigenvalue weighted by Gasteiger charge is 2.43. The highest BCUT2D eigenvalue weighted by Crippen LogP contribution is 2.44. The van der Waals surface area contributed by atoms with Crippen molar-refractivity contribution in [2.75, 3.05) is 13.2 Å². The van der Waals surface area contributed by atoms with Gasteiger partial charge in [0.1, 0.15) is 0 Å². The molecule has 0 heterocycles. The molecule has 2 rings (SSSR count). The first kappa shape index (κ1) is 16.1. The van der Waals surface area contributed by atoms with Crippen LogP contribution in [0.2, 0.25) is 0 Å². The van der Waals surface area contributed by atoms with E-state index in [9.17, 15) is 30.4 Å². The molecule has 1 aromatic rings. The molecule has 1 aliphatic rings. The van der Waals surface area contributed by atoms with Crippen LogP contribution in [0.3, 0.4) is 0 Å². The molecule has 21 heavy (non-hydrogen) atoms. The lowest BCUT2D eigenvalue weighted by molar-refractivity contribution is 0.213. The predicted molar refractivity (Wildman–Crippen MR) is 60.2 cm³/mol. The quantitative estimate of drug-likeness (QED) is 0.487. The van der Waals surface area contributed by atoms with Crippen LogP contribution in [0.5, 0.6) is 0 Å². The standard InChI is InChI=1S/C11H10F5NO3S/c12-5-6(13)8(15)10(9(16)7(5)14)21(19,20)17-3-11(4-18)1-2-11/h17-18H,1-4H2. The Hall–Kier alpha value is -1.26. The molecular weight excluding hydrogens is 321 g/mol. The Morgan fingerprint density at radius 1 is 0.952 bits per heavy atom. The second-order valence-corrected chi connectivity index (χ2v) is 6.59. The monoisotopic (exact) mass is 331 g/mol. The van der Waals surface area contributed by atoms with Crippen molar-refractivity contribution < 1.29 is 35.5 Å². The number of aliphatic hydroxyl groups excluding tert-OH is 1. The van der Waals surface area contributed by atoms with E-state index in [0.717, 1.165) is 0 Å². The molecule has 10 heteroatoms. The van der Waals surface area contributed by atoms with E-state index in [1.54, 1.807) is 4.72 Å². The number of hydrogen-bond acceptors (Lipinski definition) is 3. The zero-order valence-electron chi connectivity index (χ0n) is 10.4. The number of aliphatic hydroxyl groups is 1. The minimum Gasteiger partial charge on any atom is -0.396 e. The van der Waals surface area contributed by atoms with Crippen molar-refractivity contribution in [2.24, 2.45) is 5.41 Å². The van der Waals surface area contributed by atoms with Gasteiger partial charge in [0.05, 0.1) is 0 Å². The summed E-state index contributed by atoms with van der Waals surface area (Å²) >= 11 is 0. The molecule has 0 aliphatic heterocycles. The third kappa shape index (κ3) is 2.74. The van der Waals surface area contributed by atoms with Crippen LogP contribution in [-0.4, -0.2) is 26.7 Å². The van der Waals surface area contributed by atoms with Gasteiger partial charge in [-0.05, 0) is 12.8 Å². The second-order valence-electron chi connectivity index (χ2n) is 4.88. The van der Waals surface area contributed by atoms with Crippen molar-refractivity contribution in [1.29, 1.82) is 0 Å². The summed E-state index contributed by atoms with van der Waals surface area (Å²) in [6, 6.07) is 0. The molecule has 1 aliphatic carbocycles. The van der Waals surface area contributed by atoms with Crippen molar-refractivity contribution in [3.63, 3.8) is 0 Å². The Kier molecular flexibility index (Phi) is 3.98. The maximum atomic E-state index is 13.4. The van der Waals surface area contributed by atoms with E-state index in [4.69, 9.17) is 5.11 Å². The molecular formula is C11H10F5NO3S. The van der Waals surface area contributed by atoms with Gasteiger partial charge in [0.15, 0.2) is 28.2 Å². The number of nitrogens with one attached hydrogen (secondary N) is 1. The molecule has 118 valence electrons. The van der Waals surface area contributed by atoms with Gasteiger partial charge in [-0.2, -0.15) is 0 Å². The lowest BCUT2D eigenvalue weighted by atomic mass is 10.1. The molecule has 0 amide bonds. The number of sulfonamides is 1. The predicted octanol–water partition coefficient (Wildman–Crippen LogP) is 1.43. The molecule has 0 spiro atoms. The van der Waals surface area contributed by atoms with Gasteiger partial charge in [-0.3, -0.25) is 0 Å². The maximum absolute atomic E-state index is 13.4. The molecule has 4 nitrogen and oxygen atoms in total.